The Balaban J connectivity index is 1.71. The Morgan fingerprint density at radius 2 is 1.97 bits per heavy atom. The van der Waals surface area contributed by atoms with Gasteiger partial charge in [0.05, 0.1) is 12.9 Å². The van der Waals surface area contributed by atoms with E-state index in [9.17, 15) is 9.18 Å². The Bertz CT molecular complexity index is 1080. The second kappa shape index (κ2) is 8.74. The van der Waals surface area contributed by atoms with E-state index >= 15 is 0 Å². The molecule has 156 valence electrons. The highest BCUT2D eigenvalue weighted by molar-refractivity contribution is 6.00. The minimum absolute atomic E-state index is 0.0760. The second-order valence-electron chi connectivity index (χ2n) is 7.75. The normalized spacial score (nSPS) is 15.0. The van der Waals surface area contributed by atoms with Crippen LogP contribution in [0.3, 0.4) is 0 Å². The van der Waals surface area contributed by atoms with E-state index in [0.717, 1.165) is 40.5 Å². The van der Waals surface area contributed by atoms with Gasteiger partial charge in [0.25, 0.3) is 0 Å². The fourth-order valence-electron chi connectivity index (χ4n) is 4.08. The average Bonchev–Trinajstić information content (AvgIpc) is 3.37. The summed E-state index contributed by atoms with van der Waals surface area (Å²) in [6.07, 6.45) is 7.75. The quantitative estimate of drug-likeness (QED) is 0.502. The smallest absolute Gasteiger partial charge is 0.244 e. The maximum atomic E-state index is 13.3. The lowest BCUT2D eigenvalue weighted by atomic mass is 9.99. The lowest BCUT2D eigenvalue weighted by Crippen LogP contribution is -2.31. The Kier molecular flexibility index (Phi) is 5.88. The zero-order chi connectivity index (χ0) is 21.1. The van der Waals surface area contributed by atoms with E-state index < -0.39 is 0 Å². The van der Waals surface area contributed by atoms with Crippen LogP contribution >= 0.6 is 0 Å². The van der Waals surface area contributed by atoms with Gasteiger partial charge in [-0.15, -0.1) is 0 Å². The van der Waals surface area contributed by atoms with Gasteiger partial charge in [0, 0.05) is 34.7 Å². The third-order valence-electron chi connectivity index (χ3n) is 5.60. The van der Waals surface area contributed by atoms with E-state index in [1.54, 1.807) is 24.5 Å². The van der Waals surface area contributed by atoms with Crippen molar-refractivity contribution in [1.82, 2.24) is 5.32 Å². The first-order valence-corrected chi connectivity index (χ1v) is 10.5. The van der Waals surface area contributed by atoms with Crippen molar-refractivity contribution < 1.29 is 18.3 Å². The molecule has 0 unspecified atom stereocenters. The van der Waals surface area contributed by atoms with Crippen LogP contribution in [-0.4, -0.2) is 18.6 Å². The molecule has 0 aliphatic heterocycles. The highest BCUT2D eigenvalue weighted by atomic mass is 19.1. The number of rotatable bonds is 6. The third kappa shape index (κ3) is 4.25. The maximum absolute atomic E-state index is 13.3. The number of ether oxygens (including phenoxy) is 1. The number of allylic oxidation sites excluding steroid dienone is 1. The van der Waals surface area contributed by atoms with Crippen LogP contribution in [0.4, 0.5) is 4.39 Å². The molecule has 1 fully saturated rings. The van der Waals surface area contributed by atoms with E-state index in [0.29, 0.717) is 17.9 Å². The van der Waals surface area contributed by atoms with Crippen LogP contribution in [-0.2, 0) is 4.79 Å². The molecule has 1 aromatic heterocycles. The lowest BCUT2D eigenvalue weighted by Gasteiger charge is -2.13. The number of halogens is 1. The van der Waals surface area contributed by atoms with Gasteiger partial charge in [0.15, 0.2) is 0 Å². The standard InChI is InChI=1S/C25H26FNO3/c1-3-29-23-14-24-21(22(15-30-24)17-8-10-18(26)11-9-17)13-20(23)16(2)12-25(28)27-19-6-4-5-7-19/h8-15,19H,3-7H2,1-2H3,(H,27,28)/b16-12+. The Morgan fingerprint density at radius 3 is 2.67 bits per heavy atom. The maximum Gasteiger partial charge on any atom is 0.244 e. The summed E-state index contributed by atoms with van der Waals surface area (Å²) in [4.78, 5) is 12.5. The average molecular weight is 407 g/mol. The van der Waals surface area contributed by atoms with Gasteiger partial charge in [0.2, 0.25) is 5.91 Å². The predicted octanol–water partition coefficient (Wildman–Crippen LogP) is 6.10. The van der Waals surface area contributed by atoms with Crippen molar-refractivity contribution in [2.45, 2.75) is 45.6 Å². The zero-order valence-corrected chi connectivity index (χ0v) is 17.3. The summed E-state index contributed by atoms with van der Waals surface area (Å²) >= 11 is 0. The Labute approximate surface area is 175 Å². The molecule has 0 atom stereocenters. The van der Waals surface area contributed by atoms with Crippen molar-refractivity contribution in [3.05, 3.63) is 60.1 Å². The van der Waals surface area contributed by atoms with Crippen LogP contribution in [0.1, 0.15) is 45.1 Å². The van der Waals surface area contributed by atoms with E-state index in [2.05, 4.69) is 5.32 Å². The van der Waals surface area contributed by atoms with Crippen LogP contribution in [0.2, 0.25) is 0 Å². The molecule has 2 aromatic carbocycles. The first-order chi connectivity index (χ1) is 14.5. The summed E-state index contributed by atoms with van der Waals surface area (Å²) in [5.41, 5.74) is 4.09. The molecule has 0 spiro atoms. The lowest BCUT2D eigenvalue weighted by molar-refractivity contribution is -0.117. The van der Waals surface area contributed by atoms with Crippen molar-refractivity contribution in [1.29, 1.82) is 0 Å². The number of carbonyl (C=O) groups is 1. The fourth-order valence-corrected chi connectivity index (χ4v) is 4.08. The number of fused-ring (bicyclic) bond motifs is 1. The van der Waals surface area contributed by atoms with Crippen molar-refractivity contribution in [2.75, 3.05) is 6.61 Å². The van der Waals surface area contributed by atoms with Gasteiger partial charge in [-0.3, -0.25) is 4.79 Å². The van der Waals surface area contributed by atoms with Crippen LogP contribution in [0.25, 0.3) is 27.7 Å². The molecule has 1 aliphatic carbocycles. The zero-order valence-electron chi connectivity index (χ0n) is 17.3. The van der Waals surface area contributed by atoms with Crippen molar-refractivity contribution in [3.63, 3.8) is 0 Å². The minimum Gasteiger partial charge on any atom is -0.493 e. The molecule has 1 aliphatic rings. The molecule has 1 amide bonds. The van der Waals surface area contributed by atoms with Crippen LogP contribution in [0.15, 0.2) is 53.2 Å². The highest BCUT2D eigenvalue weighted by Gasteiger charge is 2.18. The predicted molar refractivity (Wildman–Crippen MR) is 117 cm³/mol. The van der Waals surface area contributed by atoms with Crippen molar-refractivity contribution >= 4 is 22.4 Å². The number of amides is 1. The van der Waals surface area contributed by atoms with Gasteiger partial charge in [-0.05, 0) is 56.0 Å². The van der Waals surface area contributed by atoms with E-state index in [1.165, 1.54) is 25.0 Å². The molecule has 1 heterocycles. The number of carbonyl (C=O) groups excluding carboxylic acids is 1. The number of nitrogens with one attached hydrogen (secondary N) is 1. The van der Waals surface area contributed by atoms with Gasteiger partial charge in [-0.1, -0.05) is 25.0 Å². The van der Waals surface area contributed by atoms with Crippen LogP contribution in [0, 0.1) is 5.82 Å². The van der Waals surface area contributed by atoms with Crippen LogP contribution in [0.5, 0.6) is 5.75 Å². The topological polar surface area (TPSA) is 51.5 Å². The fraction of sp³-hybridized carbons (Fsp3) is 0.320. The Hall–Kier alpha value is -3.08. The second-order valence-corrected chi connectivity index (χ2v) is 7.75. The van der Waals surface area contributed by atoms with Crippen molar-refractivity contribution in [3.8, 4) is 16.9 Å². The molecular weight excluding hydrogens is 381 g/mol. The first kappa shape index (κ1) is 20.2. The summed E-state index contributed by atoms with van der Waals surface area (Å²) in [7, 11) is 0. The van der Waals surface area contributed by atoms with E-state index in [-0.39, 0.29) is 17.8 Å². The van der Waals surface area contributed by atoms with Crippen molar-refractivity contribution in [2.24, 2.45) is 0 Å². The summed E-state index contributed by atoms with van der Waals surface area (Å²) in [6, 6.07) is 10.4. The van der Waals surface area contributed by atoms with Gasteiger partial charge in [0.1, 0.15) is 17.1 Å². The molecule has 4 nitrogen and oxygen atoms in total. The third-order valence-corrected chi connectivity index (χ3v) is 5.60. The van der Waals surface area contributed by atoms with E-state index in [4.69, 9.17) is 9.15 Å². The van der Waals surface area contributed by atoms with Gasteiger partial charge in [-0.2, -0.15) is 0 Å². The molecule has 3 aromatic rings. The molecule has 0 radical (unpaired) electrons. The molecule has 30 heavy (non-hydrogen) atoms. The van der Waals surface area contributed by atoms with Gasteiger partial charge >= 0.3 is 0 Å². The summed E-state index contributed by atoms with van der Waals surface area (Å²) in [6.45, 7) is 4.34. The first-order valence-electron chi connectivity index (χ1n) is 10.5. The summed E-state index contributed by atoms with van der Waals surface area (Å²) in [5, 5.41) is 3.99. The molecule has 0 bridgehead atoms. The molecule has 5 heteroatoms. The molecule has 0 saturated heterocycles. The summed E-state index contributed by atoms with van der Waals surface area (Å²) in [5.74, 6) is 0.318. The molecule has 1 N–H and O–H groups in total. The Morgan fingerprint density at radius 1 is 1.23 bits per heavy atom. The van der Waals surface area contributed by atoms with Gasteiger partial charge < -0.3 is 14.5 Å². The van der Waals surface area contributed by atoms with Gasteiger partial charge in [-0.25, -0.2) is 4.39 Å². The number of hydrogen-bond donors (Lipinski definition) is 1. The number of furan rings is 1. The molecular formula is C25H26FNO3. The molecule has 4 rings (SSSR count). The minimum atomic E-state index is -0.280. The number of benzene rings is 2. The highest BCUT2D eigenvalue weighted by Crippen LogP contribution is 2.37. The SMILES string of the molecule is CCOc1cc2occ(-c3ccc(F)cc3)c2cc1/C(C)=C/C(=O)NC1CCCC1. The van der Waals surface area contributed by atoms with Crippen LogP contribution < -0.4 is 10.1 Å². The largest absolute Gasteiger partial charge is 0.493 e. The monoisotopic (exact) mass is 407 g/mol. The number of hydrogen-bond acceptors (Lipinski definition) is 3. The molecule has 1 saturated carbocycles. The summed E-state index contributed by atoms with van der Waals surface area (Å²) < 4.78 is 24.9. The van der Waals surface area contributed by atoms with E-state index in [1.807, 2.05) is 26.0 Å².